The molecule has 2 saturated heterocycles. The van der Waals surface area contributed by atoms with Gasteiger partial charge in [-0.3, -0.25) is 14.6 Å². The Morgan fingerprint density at radius 3 is 1.40 bits per heavy atom. The van der Waals surface area contributed by atoms with E-state index in [1.165, 1.54) is 59.7 Å². The van der Waals surface area contributed by atoms with E-state index in [2.05, 4.69) is 38.0 Å². The van der Waals surface area contributed by atoms with Crippen LogP contribution < -0.4 is 29.1 Å². The molecule has 2 aromatic carbocycles. The molecule has 0 bridgehead atoms. The fraction of sp³-hybridized carbons (Fsp3) is 0.492. The topological polar surface area (TPSA) is 305 Å². The number of carboxylic acid groups (broad SMARTS) is 1. The summed E-state index contributed by atoms with van der Waals surface area (Å²) in [6.45, 7) is 17.6. The first-order chi connectivity index (χ1) is 41.0. The van der Waals surface area contributed by atoms with Crippen molar-refractivity contribution in [3.05, 3.63) is 85.2 Å². The number of benzene rings is 2. The molecule has 2 aromatic heterocycles. The smallest absolute Gasteiger partial charge is 0.411 e. The van der Waals surface area contributed by atoms with Gasteiger partial charge in [-0.1, -0.05) is 19.6 Å². The zero-order valence-electron chi connectivity index (χ0n) is 51.9. The SMILES string of the molecule is C.C=CC1C[C@]1(NCl)C(=O)OC.C=C[C@H]1C[C@]1(NC(=O)[C@@H]1C[C@@H](Oc2cc(C(=O)OC)nc3cc(OC)ccc23)CN1C(=O)OC(C)(C)C)C(=O)OC.COC(=O)c1cc(O[C@@H]2C[C@@H](C(=O)O)N(C(=O)OC(C)(C)C)C2)c2ccc(OC)cc2n1.[3H][B][3H].[U]. The third-order valence-electron chi connectivity index (χ3n) is 13.9. The van der Waals surface area contributed by atoms with E-state index in [-0.39, 0.29) is 93.7 Å². The zero-order valence-corrected chi connectivity index (χ0v) is 54.9. The van der Waals surface area contributed by atoms with E-state index in [0.717, 1.165) is 4.90 Å². The average Bonchev–Trinajstić information content (AvgIpc) is 1.65. The van der Waals surface area contributed by atoms with E-state index >= 15 is 0 Å². The molecule has 2 aliphatic heterocycles. The van der Waals surface area contributed by atoms with E-state index in [1.54, 1.807) is 90.1 Å². The second-order valence-electron chi connectivity index (χ2n) is 21.9. The summed E-state index contributed by atoms with van der Waals surface area (Å²) in [6.07, 6.45) is 1.72. The third-order valence-corrected chi connectivity index (χ3v) is 14.3. The Labute approximate surface area is 538 Å². The fourth-order valence-corrected chi connectivity index (χ4v) is 9.79. The van der Waals surface area contributed by atoms with Crippen molar-refractivity contribution < 1.29 is 122 Å². The minimum Gasteiger partial charge on any atom is -0.497 e. The Kier molecular flexibility index (Phi) is 24.7. The number of carbonyl (C=O) groups excluding carboxylic acids is 7. The summed E-state index contributed by atoms with van der Waals surface area (Å²) in [5.74, 6) is -2.39. The first-order valence-corrected chi connectivity index (χ1v) is 26.8. The number of esters is 4. The minimum absolute atomic E-state index is 0. The number of likely N-dealkylation sites (tertiary alicyclic amines) is 2. The maximum absolute atomic E-state index is 13.6. The van der Waals surface area contributed by atoms with Crippen molar-refractivity contribution >= 4 is 89.9 Å². The predicted molar refractivity (Wildman–Crippen MR) is 317 cm³/mol. The molecule has 8 atom stereocenters. The van der Waals surface area contributed by atoms with Crippen molar-refractivity contribution in [2.45, 2.75) is 121 Å². The van der Waals surface area contributed by atoms with E-state index in [9.17, 15) is 43.5 Å². The number of hydrogen-bond donors (Lipinski definition) is 3. The second-order valence-corrected chi connectivity index (χ2v) is 22.1. The van der Waals surface area contributed by atoms with Crippen LogP contribution in [0.15, 0.2) is 73.8 Å². The largest absolute Gasteiger partial charge is 0.497 e. The van der Waals surface area contributed by atoms with Crippen molar-refractivity contribution in [1.29, 1.82) is 2.67 Å². The van der Waals surface area contributed by atoms with Gasteiger partial charge in [-0.25, -0.2) is 48.4 Å². The summed E-state index contributed by atoms with van der Waals surface area (Å²) in [7, 11) is 8.61. The van der Waals surface area contributed by atoms with Crippen molar-refractivity contribution in [2.24, 2.45) is 11.8 Å². The van der Waals surface area contributed by atoms with Gasteiger partial charge in [0.05, 0.1) is 75.1 Å². The Hall–Kier alpha value is -7.33. The minimum atomic E-state index is -1.23. The van der Waals surface area contributed by atoms with Crippen LogP contribution in [-0.4, -0.2) is 186 Å². The van der Waals surface area contributed by atoms with Crippen LogP contribution in [-0.2, 0) is 47.6 Å². The van der Waals surface area contributed by atoms with E-state index < -0.39 is 88.5 Å². The quantitative estimate of drug-likeness (QED) is 0.0356. The van der Waals surface area contributed by atoms with Gasteiger partial charge in [-0.05, 0) is 93.1 Å². The number of aliphatic carboxylic acids is 1. The molecule has 4 aliphatic rings. The molecule has 2 aliphatic carbocycles. The average molecular weight is 1460 g/mol. The molecular formula is C59H77BClN6O19U. The number of ether oxygens (including phenoxy) is 10. The van der Waals surface area contributed by atoms with Gasteiger partial charge >= 0.3 is 42.0 Å². The Morgan fingerprint density at radius 2 is 1.06 bits per heavy atom. The van der Waals surface area contributed by atoms with Gasteiger partial charge in [0.2, 0.25) is 5.91 Å². The Morgan fingerprint density at radius 1 is 0.667 bits per heavy atom. The van der Waals surface area contributed by atoms with Gasteiger partial charge < -0.3 is 57.8 Å². The summed E-state index contributed by atoms with van der Waals surface area (Å²) >= 11 is 5.40. The van der Waals surface area contributed by atoms with Crippen molar-refractivity contribution in [3.8, 4) is 23.0 Å². The van der Waals surface area contributed by atoms with Gasteiger partial charge in [0.15, 0.2) is 11.4 Å². The van der Waals surface area contributed by atoms with Crippen LogP contribution in [0.3, 0.4) is 0 Å². The number of carboxylic acids is 1. The number of carbonyl (C=O) groups is 8. The number of halogens is 1. The molecule has 8 rings (SSSR count). The van der Waals surface area contributed by atoms with Crippen LogP contribution in [0.1, 0.15) is 95.6 Å². The van der Waals surface area contributed by atoms with Gasteiger partial charge in [-0.2, -0.15) is 0 Å². The van der Waals surface area contributed by atoms with Crippen molar-refractivity contribution in [2.75, 3.05) is 55.7 Å². The van der Waals surface area contributed by atoms with Gasteiger partial charge in [0, 0.05) is 90.8 Å². The molecule has 3 N–H and O–H groups in total. The predicted octanol–water partition coefficient (Wildman–Crippen LogP) is 6.46. The molecule has 1 radical (unpaired) electrons. The Balaban J connectivity index is 0.000000382. The molecular weight excluding hydrogens is 1380 g/mol. The van der Waals surface area contributed by atoms with E-state index in [0.29, 0.717) is 66.0 Å². The number of nitrogens with zero attached hydrogens (tertiary/aromatic N) is 4. The summed E-state index contributed by atoms with van der Waals surface area (Å²) in [5.41, 5.74) is -2.59. The molecule has 1 unspecified atom stereocenters. The molecule has 4 aromatic rings. The number of rotatable bonds is 16. The molecule has 87 heavy (non-hydrogen) atoms. The number of nitrogens with one attached hydrogen (secondary N) is 2. The summed E-state index contributed by atoms with van der Waals surface area (Å²) in [4.78, 5) is 113. The van der Waals surface area contributed by atoms with Crippen LogP contribution in [0.25, 0.3) is 21.8 Å². The molecule has 4 heterocycles. The molecule has 2 saturated carbocycles. The first kappa shape index (κ1) is 70.4. The molecule has 0 spiro atoms. The number of fused-ring (bicyclic) bond motifs is 2. The maximum Gasteiger partial charge on any atom is 0.411 e. The number of amides is 3. The van der Waals surface area contributed by atoms with Crippen LogP contribution in [0, 0.1) is 42.9 Å². The number of pyridine rings is 2. The second kappa shape index (κ2) is 30.5. The van der Waals surface area contributed by atoms with Gasteiger partial charge in [0.1, 0.15) is 69.6 Å². The summed E-state index contributed by atoms with van der Waals surface area (Å²) in [5, 5.41) is 13.6. The summed E-state index contributed by atoms with van der Waals surface area (Å²) in [6, 6.07) is 11.0. The number of hydrogen-bond acceptors (Lipinski definition) is 21. The Bertz CT molecular complexity index is 3250. The van der Waals surface area contributed by atoms with E-state index in [4.69, 9.17) is 57.1 Å². The molecule has 28 heteroatoms. The number of aromatic nitrogens is 2. The normalized spacial score (nSPS) is 22.3. The van der Waals surface area contributed by atoms with Crippen molar-refractivity contribution in [3.63, 3.8) is 0 Å². The van der Waals surface area contributed by atoms with Gasteiger partial charge in [0.25, 0.3) is 0 Å². The molecule has 4 fully saturated rings. The van der Waals surface area contributed by atoms with Crippen LogP contribution >= 0.6 is 11.8 Å². The molecule has 25 nitrogen and oxygen atoms in total. The van der Waals surface area contributed by atoms with Crippen molar-refractivity contribution in [1.82, 2.24) is 29.9 Å². The van der Waals surface area contributed by atoms with Crippen LogP contribution in [0.4, 0.5) is 9.59 Å². The molecule has 3 amide bonds. The van der Waals surface area contributed by atoms with Crippen LogP contribution in [0.2, 0.25) is 0 Å². The zero-order chi connectivity index (χ0) is 64.9. The number of methoxy groups -OCH3 is 6. The third kappa shape index (κ3) is 17.5. The van der Waals surface area contributed by atoms with Crippen LogP contribution in [0.5, 0.6) is 23.0 Å². The van der Waals surface area contributed by atoms with Gasteiger partial charge in [-0.15, -0.1) is 13.2 Å². The first-order valence-electron chi connectivity index (χ1n) is 27.6. The molecule has 471 valence electrons. The monoisotopic (exact) mass is 1460 g/mol. The maximum atomic E-state index is 13.6. The van der Waals surface area contributed by atoms with E-state index in [1.807, 2.05) is 0 Å². The standard InChI is InChI=1S/C29H35N3O9.C22H26N2O8.C7H10ClNO2.CH4.BH2.U/c1-8-16-14-29(16,26(35)39-7)31-24(33)22-12-18(15-32(22)27(36)41-28(2,3)4)40-23-13-21(25(34)38-6)30-20-11-17(37-5)9-10-19(20)23;1-22(2,3)32-21(28)24-11-13(9-17(24)19(25)26)31-18-10-16(20(27)30-5)23-15-8-12(29-4)6-7-14(15)18;1-3-5-4-7(5,9-8)6(10)11-2;;;/h8-11,13,16,18,22H,1,12,14-15H2,2-7H3,(H,31,33);6-8,10,13,17H,9,11H2,1-5H3,(H,25,26);3,5,9H,1,4H2,2H3;1H4;1H2;/t16-,18+,22-,29+;13-,17+;5?,7-;;;/m011.../s1/i;;;;1T2;. The summed E-state index contributed by atoms with van der Waals surface area (Å²) < 4.78 is 64.5. The fourth-order valence-electron chi connectivity index (χ4n) is 9.50.